The maximum atomic E-state index is 12.1. The van der Waals surface area contributed by atoms with Gasteiger partial charge in [0.05, 0.1) is 0 Å². The predicted octanol–water partition coefficient (Wildman–Crippen LogP) is 1.48. The first-order valence-corrected chi connectivity index (χ1v) is 5.06. The molecule has 88 valence electrons. The molecule has 0 unspecified atom stereocenters. The van der Waals surface area contributed by atoms with Gasteiger partial charge in [-0.05, 0) is 0 Å². The van der Waals surface area contributed by atoms with Crippen LogP contribution in [-0.4, -0.2) is 40.1 Å². The molecule has 0 bridgehead atoms. The molecule has 0 amide bonds. The van der Waals surface area contributed by atoms with Crippen molar-refractivity contribution in [3.63, 3.8) is 0 Å². The molecule has 18 heavy (non-hydrogen) atoms. The first-order valence-electron chi connectivity index (χ1n) is 5.06. The second-order valence-corrected chi connectivity index (χ2v) is 3.75. The van der Waals surface area contributed by atoms with Gasteiger partial charge >= 0.3 is 23.1 Å². The molecule has 3 rings (SSSR count). The minimum Gasteiger partial charge on any atom is -1.00 e. The van der Waals surface area contributed by atoms with Crippen LogP contribution in [0.4, 0.5) is 0 Å². The van der Waals surface area contributed by atoms with Gasteiger partial charge in [-0.15, -0.1) is 0 Å². The van der Waals surface area contributed by atoms with E-state index in [9.17, 15) is 9.59 Å². The van der Waals surface area contributed by atoms with E-state index < -0.39 is 0 Å². The number of carbonyl (C=O) groups is 2. The van der Waals surface area contributed by atoms with Gasteiger partial charge < -0.3 is 8.33 Å². The molecule has 0 aliphatic heterocycles. The maximum Gasteiger partial charge on any atom is 2.00 e. The van der Waals surface area contributed by atoms with Crippen LogP contribution in [0.25, 0.3) is 0 Å². The van der Waals surface area contributed by atoms with E-state index in [4.69, 9.17) is 0 Å². The Morgan fingerprint density at radius 1 is 0.611 bits per heavy atom. The summed E-state index contributed by atoms with van der Waals surface area (Å²) in [7, 11) is 0. The smallest absolute Gasteiger partial charge is 1.00 e. The average molecular weight is 253 g/mol. The predicted molar refractivity (Wildman–Crippen MR) is 71.3 cm³/mol. The molecule has 1 aliphatic rings. The summed E-state index contributed by atoms with van der Waals surface area (Å²) >= 11 is 0. The van der Waals surface area contributed by atoms with E-state index in [0.29, 0.717) is 22.3 Å². The molecule has 0 atom stereocenters. The third kappa shape index (κ3) is 1.99. The zero-order valence-electron chi connectivity index (χ0n) is 11.6. The number of benzene rings is 2. The van der Waals surface area contributed by atoms with E-state index >= 15 is 0 Å². The molecule has 3 nitrogen and oxygen atoms in total. The Morgan fingerprint density at radius 3 is 1.06 bits per heavy atom. The fourth-order valence-electron chi connectivity index (χ4n) is 2.05. The molecule has 0 saturated carbocycles. The molecule has 0 spiro atoms. The summed E-state index contributed by atoms with van der Waals surface area (Å²) in [6.07, 6.45) is 0. The van der Waals surface area contributed by atoms with Gasteiger partial charge in [-0.3, -0.25) is 9.59 Å². The molecule has 4 heteroatoms. The summed E-state index contributed by atoms with van der Waals surface area (Å²) in [6, 6.07) is 13.9. The maximum absolute atomic E-state index is 12.1. The molecule has 2 aromatic carbocycles. The third-order valence-corrected chi connectivity index (χ3v) is 2.83. The van der Waals surface area contributed by atoms with Crippen LogP contribution in [0.2, 0.25) is 0 Å². The van der Waals surface area contributed by atoms with Crippen LogP contribution in [0.15, 0.2) is 48.5 Å². The summed E-state index contributed by atoms with van der Waals surface area (Å²) in [4.78, 5) is 24.2. The van der Waals surface area contributed by atoms with Crippen molar-refractivity contribution in [2.24, 2.45) is 0 Å². The van der Waals surface area contributed by atoms with Gasteiger partial charge in [0.1, 0.15) is 0 Å². The number of hydrogen-bond donors (Lipinski definition) is 0. The first kappa shape index (κ1) is 14.6. The Morgan fingerprint density at radius 2 is 0.833 bits per heavy atom. The second-order valence-electron chi connectivity index (χ2n) is 3.75. The Kier molecular flexibility index (Phi) is 4.40. The van der Waals surface area contributed by atoms with E-state index in [-0.39, 0.29) is 42.9 Å². The van der Waals surface area contributed by atoms with Crippen molar-refractivity contribution in [2.75, 3.05) is 0 Å². The van der Waals surface area contributed by atoms with Gasteiger partial charge in [-0.1, -0.05) is 48.5 Å². The monoisotopic (exact) mass is 252 g/mol. The first-order chi connectivity index (χ1) is 7.79. The van der Waals surface area contributed by atoms with Gasteiger partial charge in [0.15, 0.2) is 11.6 Å². The second kappa shape index (κ2) is 5.43. The zero-order chi connectivity index (χ0) is 11.1. The van der Waals surface area contributed by atoms with Crippen molar-refractivity contribution in [1.29, 1.82) is 0 Å². The van der Waals surface area contributed by atoms with Crippen molar-refractivity contribution in [1.82, 2.24) is 0 Å². The summed E-state index contributed by atoms with van der Waals surface area (Å²) in [6.45, 7) is 0. The molecule has 0 radical (unpaired) electrons. The minimum absolute atomic E-state index is 0. The average Bonchev–Trinajstić information content (AvgIpc) is 2.36. The largest absolute Gasteiger partial charge is 2.00 e. The van der Waals surface area contributed by atoms with E-state index in [1.165, 1.54) is 0 Å². The van der Waals surface area contributed by atoms with E-state index in [2.05, 4.69) is 0 Å². The van der Waals surface area contributed by atoms with Crippen LogP contribution >= 0.6 is 0 Å². The van der Waals surface area contributed by atoms with Crippen molar-refractivity contribution in [3.05, 3.63) is 70.8 Å². The third-order valence-electron chi connectivity index (χ3n) is 2.83. The Hall–Kier alpha value is -1.49. The number of carbonyl (C=O) groups excluding carboxylic acids is 2. The van der Waals surface area contributed by atoms with Crippen LogP contribution in [0.5, 0.6) is 0 Å². The van der Waals surface area contributed by atoms with E-state index in [1.54, 1.807) is 48.5 Å². The topological polar surface area (TPSA) is 65.6 Å². The van der Waals surface area contributed by atoms with Crippen LogP contribution < -0.4 is 0 Å². The normalized spacial score (nSPS) is 11.8. The fraction of sp³-hybridized carbons (Fsp3) is 0. The molecule has 2 N–H and O–H groups in total. The quantitative estimate of drug-likeness (QED) is 0.569. The zero-order valence-corrected chi connectivity index (χ0v) is 11.1. The molecule has 1 aliphatic carbocycles. The molecule has 0 saturated heterocycles. The molecule has 0 aromatic heterocycles. The number of fused-ring (bicyclic) bond motifs is 2. The Balaban J connectivity index is 0. The molecular formula is C14H12MgO3. The number of ketones is 2. The molecular weight excluding hydrogens is 240 g/mol. The van der Waals surface area contributed by atoms with Gasteiger partial charge in [-0.25, -0.2) is 0 Å². The summed E-state index contributed by atoms with van der Waals surface area (Å²) < 4.78 is 0. The van der Waals surface area contributed by atoms with Crippen molar-refractivity contribution in [2.45, 2.75) is 0 Å². The van der Waals surface area contributed by atoms with Crippen molar-refractivity contribution < 1.29 is 17.9 Å². The minimum atomic E-state index is -0.0641. The van der Waals surface area contributed by atoms with Crippen molar-refractivity contribution in [3.8, 4) is 0 Å². The molecule has 2 aromatic rings. The molecule has 0 heterocycles. The van der Waals surface area contributed by atoms with E-state index in [0.717, 1.165) is 0 Å². The van der Waals surface area contributed by atoms with Gasteiger partial charge in [0.2, 0.25) is 0 Å². The van der Waals surface area contributed by atoms with Gasteiger partial charge in [-0.2, -0.15) is 0 Å². The fourth-order valence-corrected chi connectivity index (χ4v) is 2.05. The summed E-state index contributed by atoms with van der Waals surface area (Å²) in [5, 5.41) is 0. The van der Waals surface area contributed by atoms with Crippen LogP contribution in [0.1, 0.15) is 34.7 Å². The Labute approximate surface area is 123 Å². The number of hydrogen-bond acceptors (Lipinski definition) is 2. The SMILES string of the molecule is O.O=C1c2ccccc2C(=O)c2ccccc21.[H-].[H-].[Mg+2]. The Bertz CT molecular complexity index is 524. The van der Waals surface area contributed by atoms with E-state index in [1.807, 2.05) is 0 Å². The van der Waals surface area contributed by atoms with Gasteiger partial charge in [0.25, 0.3) is 0 Å². The van der Waals surface area contributed by atoms with Crippen LogP contribution in [0, 0.1) is 0 Å². The number of rotatable bonds is 0. The van der Waals surface area contributed by atoms with Crippen LogP contribution in [0.3, 0.4) is 0 Å². The van der Waals surface area contributed by atoms with Crippen LogP contribution in [-0.2, 0) is 0 Å². The van der Waals surface area contributed by atoms with Gasteiger partial charge in [0, 0.05) is 22.3 Å². The summed E-state index contributed by atoms with van der Waals surface area (Å²) in [5.74, 6) is -0.128. The molecule has 0 fully saturated rings. The summed E-state index contributed by atoms with van der Waals surface area (Å²) in [5.41, 5.74) is 2.02. The van der Waals surface area contributed by atoms with Crippen molar-refractivity contribution >= 4 is 34.6 Å². The standard InChI is InChI=1S/C14H8O2.Mg.H2O.2H/c15-13-9-5-1-2-6-10(9)14(16)12-8-4-3-7-11(12)13;;;;/h1-8H;;1H2;;/q;+2;;2*-1.